The Morgan fingerprint density at radius 1 is 1.26 bits per heavy atom. The van der Waals surface area contributed by atoms with E-state index in [4.69, 9.17) is 4.74 Å². The maximum absolute atomic E-state index is 12.2. The van der Waals surface area contributed by atoms with Crippen molar-refractivity contribution in [2.75, 3.05) is 7.05 Å². The minimum atomic E-state index is -0.598. The van der Waals surface area contributed by atoms with Crippen LogP contribution in [0.5, 0.6) is 0 Å². The van der Waals surface area contributed by atoms with Gasteiger partial charge in [-0.15, -0.1) is 0 Å². The zero-order valence-corrected chi connectivity index (χ0v) is 12.8. The van der Waals surface area contributed by atoms with Gasteiger partial charge in [0.25, 0.3) is 0 Å². The number of alkyl carbamates (subject to hydrolysis) is 1. The van der Waals surface area contributed by atoms with Crippen LogP contribution in [0.4, 0.5) is 4.79 Å². The van der Waals surface area contributed by atoms with E-state index in [1.165, 1.54) is 7.05 Å². The minimum Gasteiger partial charge on any atom is -0.445 e. The highest BCUT2D eigenvalue weighted by Crippen LogP contribution is 2.34. The number of ether oxygens (including phenoxy) is 1. The van der Waals surface area contributed by atoms with Crippen molar-refractivity contribution < 1.29 is 19.1 Å². The predicted octanol–water partition coefficient (Wildman–Crippen LogP) is 1.47. The van der Waals surface area contributed by atoms with E-state index in [1.807, 2.05) is 36.4 Å². The van der Waals surface area contributed by atoms with Crippen molar-refractivity contribution in [2.24, 2.45) is 11.8 Å². The third-order valence-electron chi connectivity index (χ3n) is 4.31. The van der Waals surface area contributed by atoms with Crippen LogP contribution in [-0.4, -0.2) is 35.9 Å². The summed E-state index contributed by atoms with van der Waals surface area (Å²) in [5, 5.41) is 2.68. The van der Waals surface area contributed by atoms with Crippen LogP contribution in [0.2, 0.25) is 0 Å². The number of imide groups is 1. The van der Waals surface area contributed by atoms with Gasteiger partial charge in [0.15, 0.2) is 0 Å². The van der Waals surface area contributed by atoms with Crippen LogP contribution in [0.25, 0.3) is 0 Å². The van der Waals surface area contributed by atoms with Crippen molar-refractivity contribution >= 4 is 17.9 Å². The molecule has 6 nitrogen and oxygen atoms in total. The summed E-state index contributed by atoms with van der Waals surface area (Å²) in [4.78, 5) is 37.3. The second-order valence-corrected chi connectivity index (χ2v) is 5.76. The van der Waals surface area contributed by atoms with Crippen molar-refractivity contribution in [3.8, 4) is 0 Å². The standard InChI is InChI=1S/C17H18N2O4/c1-19-15(20)12-8-5-9-13(14(12)16(19)21)18-17(22)23-10-11-6-3-2-4-7-11/h2-7,9,12-14H,8,10H2,1H3,(H,18,22)/i5+1,8+1,9+1,13+1. The molecule has 3 atom stereocenters. The Morgan fingerprint density at radius 3 is 2.74 bits per heavy atom. The topological polar surface area (TPSA) is 75.7 Å². The van der Waals surface area contributed by atoms with E-state index >= 15 is 0 Å². The van der Waals surface area contributed by atoms with Crippen molar-refractivity contribution in [3.05, 3.63) is 48.0 Å². The number of amides is 3. The first kappa shape index (κ1) is 15.3. The van der Waals surface area contributed by atoms with Crippen LogP contribution >= 0.6 is 0 Å². The molecule has 1 aliphatic carbocycles. The molecule has 120 valence electrons. The largest absolute Gasteiger partial charge is 0.445 e. The molecule has 3 unspecified atom stereocenters. The summed E-state index contributed by atoms with van der Waals surface area (Å²) in [5.41, 5.74) is 0.881. The van der Waals surface area contributed by atoms with Gasteiger partial charge in [0, 0.05) is 7.05 Å². The quantitative estimate of drug-likeness (QED) is 0.520. The maximum Gasteiger partial charge on any atom is 0.407 e. The molecule has 1 N–H and O–H groups in total. The number of benzene rings is 1. The first-order valence-electron chi connectivity index (χ1n) is 7.53. The normalized spacial score (nSPS) is 26.1. The van der Waals surface area contributed by atoms with Crippen LogP contribution in [0.3, 0.4) is 0 Å². The molecule has 1 heterocycles. The zero-order chi connectivity index (χ0) is 16.4. The van der Waals surface area contributed by atoms with Gasteiger partial charge in [0.1, 0.15) is 6.61 Å². The smallest absolute Gasteiger partial charge is 0.407 e. The van der Waals surface area contributed by atoms with Gasteiger partial charge in [0.2, 0.25) is 11.8 Å². The van der Waals surface area contributed by atoms with E-state index in [-0.39, 0.29) is 18.4 Å². The molecular weight excluding hydrogens is 300 g/mol. The lowest BCUT2D eigenvalue weighted by Crippen LogP contribution is -2.45. The second-order valence-electron chi connectivity index (χ2n) is 5.76. The number of hydrogen-bond acceptors (Lipinski definition) is 4. The van der Waals surface area contributed by atoms with Gasteiger partial charge < -0.3 is 10.1 Å². The second kappa shape index (κ2) is 6.24. The first-order valence-corrected chi connectivity index (χ1v) is 7.53. The third-order valence-corrected chi connectivity index (χ3v) is 4.31. The van der Waals surface area contributed by atoms with Gasteiger partial charge >= 0.3 is 6.09 Å². The molecule has 3 rings (SSSR count). The highest BCUT2D eigenvalue weighted by Gasteiger charge is 2.50. The number of rotatable bonds is 3. The van der Waals surface area contributed by atoms with Crippen LogP contribution in [-0.2, 0) is 20.9 Å². The molecule has 2 aliphatic rings. The summed E-state index contributed by atoms with van der Waals surface area (Å²) in [6.45, 7) is 0.157. The number of nitrogens with zero attached hydrogens (tertiary/aromatic N) is 1. The fourth-order valence-corrected chi connectivity index (χ4v) is 3.09. The highest BCUT2D eigenvalue weighted by molar-refractivity contribution is 6.05. The van der Waals surface area contributed by atoms with Crippen LogP contribution in [0.15, 0.2) is 42.5 Å². The van der Waals surface area contributed by atoms with Crippen LogP contribution in [0.1, 0.15) is 12.0 Å². The van der Waals surface area contributed by atoms with Gasteiger partial charge in [-0.1, -0.05) is 42.5 Å². The van der Waals surface area contributed by atoms with Gasteiger partial charge in [-0.05, 0) is 12.0 Å². The number of allylic oxidation sites excluding steroid dienone is 1. The molecule has 1 aromatic carbocycles. The van der Waals surface area contributed by atoms with Crippen molar-refractivity contribution in [2.45, 2.75) is 19.1 Å². The van der Waals surface area contributed by atoms with Gasteiger partial charge in [-0.25, -0.2) is 4.79 Å². The Kier molecular flexibility index (Phi) is 4.14. The molecular formula is C17H18N2O4. The number of fused-ring (bicyclic) bond motifs is 1. The molecule has 0 spiro atoms. The van der Waals surface area contributed by atoms with Gasteiger partial charge in [0.05, 0.1) is 17.9 Å². The van der Waals surface area contributed by atoms with Gasteiger partial charge in [-0.3, -0.25) is 14.5 Å². The third kappa shape index (κ3) is 2.97. The molecule has 1 aromatic rings. The molecule has 0 aromatic heterocycles. The van der Waals surface area contributed by atoms with E-state index in [0.717, 1.165) is 10.5 Å². The first-order chi connectivity index (χ1) is 11.1. The SMILES string of the molecule is CN1C(=O)C2[13CH2][13CH]=[13CH][13CH](NC(=O)OCc3ccccc3)C2C1=O. The summed E-state index contributed by atoms with van der Waals surface area (Å²) in [5.74, 6) is -1.37. The van der Waals surface area contributed by atoms with E-state index in [2.05, 4.69) is 5.32 Å². The molecule has 1 saturated heterocycles. The Bertz CT molecular complexity index is 656. The summed E-state index contributed by atoms with van der Waals surface area (Å²) in [7, 11) is 1.48. The summed E-state index contributed by atoms with van der Waals surface area (Å²) in [6, 6.07) is 8.82. The molecule has 0 radical (unpaired) electrons. The summed E-state index contributed by atoms with van der Waals surface area (Å²) >= 11 is 0. The Balaban J connectivity index is 1.62. The zero-order valence-electron chi connectivity index (χ0n) is 12.8. The molecule has 3 amide bonds. The highest BCUT2D eigenvalue weighted by atomic mass is 16.5. The fraction of sp³-hybridized carbons (Fsp3) is 0.353. The lowest BCUT2D eigenvalue weighted by Gasteiger charge is -2.26. The monoisotopic (exact) mass is 318 g/mol. The van der Waals surface area contributed by atoms with E-state index in [1.54, 1.807) is 6.08 Å². The molecule has 0 saturated carbocycles. The number of carbonyl (C=O) groups excluding carboxylic acids is 3. The van der Waals surface area contributed by atoms with Crippen molar-refractivity contribution in [1.82, 2.24) is 10.2 Å². The van der Waals surface area contributed by atoms with E-state index in [0.29, 0.717) is 6.42 Å². The molecule has 1 fully saturated rings. The molecule has 0 bridgehead atoms. The van der Waals surface area contributed by atoms with E-state index < -0.39 is 24.0 Å². The molecule has 1 aliphatic heterocycles. The summed E-state index contributed by atoms with van der Waals surface area (Å²) < 4.78 is 5.17. The number of likely N-dealkylation sites (tertiary alicyclic amines) is 1. The van der Waals surface area contributed by atoms with Gasteiger partial charge in [-0.2, -0.15) is 0 Å². The van der Waals surface area contributed by atoms with Crippen molar-refractivity contribution in [1.29, 1.82) is 0 Å². The maximum atomic E-state index is 12.2. The number of carbonyl (C=O) groups is 3. The minimum absolute atomic E-state index is 0.157. The Morgan fingerprint density at radius 2 is 2.00 bits per heavy atom. The lowest BCUT2D eigenvalue weighted by molar-refractivity contribution is -0.138. The van der Waals surface area contributed by atoms with Crippen LogP contribution < -0.4 is 5.32 Å². The van der Waals surface area contributed by atoms with Crippen molar-refractivity contribution in [3.63, 3.8) is 0 Å². The number of hydrogen-bond donors (Lipinski definition) is 1. The average Bonchev–Trinajstić information content (AvgIpc) is 2.79. The Hall–Kier alpha value is -2.63. The molecule has 23 heavy (non-hydrogen) atoms. The fourth-order valence-electron chi connectivity index (χ4n) is 3.09. The average molecular weight is 318 g/mol. The van der Waals surface area contributed by atoms with Crippen LogP contribution in [0, 0.1) is 11.8 Å². The summed E-state index contributed by atoms with van der Waals surface area (Å²) in [6.07, 6.45) is 3.51. The Labute approximate surface area is 134 Å². The van der Waals surface area contributed by atoms with E-state index in [9.17, 15) is 14.4 Å². The lowest BCUT2D eigenvalue weighted by atomic mass is 10.1. The predicted molar refractivity (Wildman–Crippen MR) is 82.1 cm³/mol. The number of nitrogens with one attached hydrogen (secondary N) is 1. The molecule has 6 heteroatoms.